The predicted octanol–water partition coefficient (Wildman–Crippen LogP) is 1.53. The molecular formula is C8H6F3N3OS. The van der Waals surface area contributed by atoms with Crippen LogP contribution < -0.4 is 4.90 Å². The van der Waals surface area contributed by atoms with Gasteiger partial charge in [-0.15, -0.1) is 11.8 Å². The van der Waals surface area contributed by atoms with Crippen molar-refractivity contribution in [1.82, 2.24) is 9.97 Å². The normalized spacial score (nSPS) is 16.9. The summed E-state index contributed by atoms with van der Waals surface area (Å²) in [6, 6.07) is 0.775. The molecule has 0 spiro atoms. The lowest BCUT2D eigenvalue weighted by Crippen LogP contribution is -2.27. The van der Waals surface area contributed by atoms with Gasteiger partial charge < -0.3 is 0 Å². The van der Waals surface area contributed by atoms with Gasteiger partial charge in [-0.2, -0.15) is 13.2 Å². The molecule has 0 atom stereocenters. The number of amides is 1. The Morgan fingerprint density at radius 2 is 2.19 bits per heavy atom. The van der Waals surface area contributed by atoms with Crippen LogP contribution in [0.25, 0.3) is 0 Å². The van der Waals surface area contributed by atoms with Gasteiger partial charge in [-0.1, -0.05) is 0 Å². The molecule has 1 aromatic heterocycles. The maximum atomic E-state index is 12.4. The van der Waals surface area contributed by atoms with Crippen LogP contribution in [0.3, 0.4) is 0 Å². The third-order valence-corrected chi connectivity index (χ3v) is 2.81. The number of hydrogen-bond donors (Lipinski definition) is 0. The van der Waals surface area contributed by atoms with Gasteiger partial charge in [-0.25, -0.2) is 9.97 Å². The van der Waals surface area contributed by atoms with E-state index in [4.69, 9.17) is 0 Å². The van der Waals surface area contributed by atoms with Crippen molar-refractivity contribution >= 4 is 23.6 Å². The van der Waals surface area contributed by atoms with Crippen LogP contribution in [0.5, 0.6) is 0 Å². The minimum absolute atomic E-state index is 0.190. The van der Waals surface area contributed by atoms with Gasteiger partial charge in [-0.3, -0.25) is 9.69 Å². The summed E-state index contributed by atoms with van der Waals surface area (Å²) in [4.78, 5) is 19.4. The molecule has 1 aliphatic heterocycles. The van der Waals surface area contributed by atoms with Gasteiger partial charge in [0.25, 0.3) is 0 Å². The second-order valence-electron chi connectivity index (χ2n) is 3.04. The summed E-state index contributed by atoms with van der Waals surface area (Å²) in [6.07, 6.45) is -3.52. The van der Waals surface area contributed by atoms with Crippen molar-refractivity contribution < 1.29 is 18.0 Å². The summed E-state index contributed by atoms with van der Waals surface area (Å²) in [6.45, 7) is 0. The average Bonchev–Trinajstić information content (AvgIpc) is 2.63. The molecule has 1 fully saturated rings. The van der Waals surface area contributed by atoms with Crippen molar-refractivity contribution in [2.45, 2.75) is 6.18 Å². The maximum Gasteiger partial charge on any atom is 0.433 e. The molecule has 0 bridgehead atoms. The van der Waals surface area contributed by atoms with E-state index in [2.05, 4.69) is 9.97 Å². The molecule has 0 aromatic carbocycles. The Morgan fingerprint density at radius 3 is 2.75 bits per heavy atom. The number of carbonyl (C=O) groups is 1. The Kier molecular flexibility index (Phi) is 2.75. The molecule has 1 aliphatic rings. The smallest absolute Gasteiger partial charge is 0.273 e. The Balaban J connectivity index is 2.32. The summed E-state index contributed by atoms with van der Waals surface area (Å²) in [5, 5.41) is 0. The van der Waals surface area contributed by atoms with Crippen molar-refractivity contribution in [1.29, 1.82) is 0 Å². The van der Waals surface area contributed by atoms with Crippen molar-refractivity contribution in [3.05, 3.63) is 18.0 Å². The molecule has 1 aromatic rings. The molecule has 0 radical (unpaired) electrons. The topological polar surface area (TPSA) is 46.1 Å². The van der Waals surface area contributed by atoms with E-state index in [1.54, 1.807) is 0 Å². The molecule has 0 unspecified atom stereocenters. The molecule has 16 heavy (non-hydrogen) atoms. The van der Waals surface area contributed by atoms with Crippen LogP contribution >= 0.6 is 11.8 Å². The molecule has 4 nitrogen and oxygen atoms in total. The number of rotatable bonds is 1. The first kappa shape index (κ1) is 11.2. The zero-order valence-corrected chi connectivity index (χ0v) is 8.68. The molecule has 2 heterocycles. The van der Waals surface area contributed by atoms with Gasteiger partial charge in [0.05, 0.1) is 11.6 Å². The number of alkyl halides is 3. The summed E-state index contributed by atoms with van der Waals surface area (Å²) < 4.78 is 37.1. The monoisotopic (exact) mass is 249 g/mol. The van der Waals surface area contributed by atoms with Crippen molar-refractivity contribution in [3.63, 3.8) is 0 Å². The Morgan fingerprint density at radius 1 is 1.44 bits per heavy atom. The van der Waals surface area contributed by atoms with Crippen LogP contribution in [0.2, 0.25) is 0 Å². The first-order valence-corrected chi connectivity index (χ1v) is 5.42. The third kappa shape index (κ3) is 2.11. The van der Waals surface area contributed by atoms with Gasteiger partial charge in [0.2, 0.25) is 11.9 Å². The summed E-state index contributed by atoms with van der Waals surface area (Å²) in [5.74, 6) is 0.0777. The van der Waals surface area contributed by atoms with Gasteiger partial charge in [0.1, 0.15) is 5.69 Å². The quantitative estimate of drug-likeness (QED) is 0.757. The van der Waals surface area contributed by atoms with E-state index in [0.717, 1.165) is 17.2 Å². The minimum Gasteiger partial charge on any atom is -0.273 e. The first-order valence-electron chi connectivity index (χ1n) is 4.27. The van der Waals surface area contributed by atoms with Crippen molar-refractivity contribution in [2.24, 2.45) is 0 Å². The fourth-order valence-corrected chi connectivity index (χ4v) is 2.04. The second-order valence-corrected chi connectivity index (χ2v) is 3.99. The van der Waals surface area contributed by atoms with Crippen LogP contribution in [0, 0.1) is 0 Å². The Hall–Kier alpha value is -1.31. The lowest BCUT2D eigenvalue weighted by molar-refractivity contribution is -0.141. The highest BCUT2D eigenvalue weighted by Gasteiger charge is 2.34. The van der Waals surface area contributed by atoms with E-state index in [-0.39, 0.29) is 17.6 Å². The Bertz CT molecular complexity index is 423. The van der Waals surface area contributed by atoms with E-state index < -0.39 is 11.9 Å². The van der Waals surface area contributed by atoms with Crippen LogP contribution in [0.4, 0.5) is 19.1 Å². The molecular weight excluding hydrogens is 243 g/mol. The van der Waals surface area contributed by atoms with Gasteiger partial charge >= 0.3 is 6.18 Å². The Labute approximate surface area is 92.9 Å². The maximum absolute atomic E-state index is 12.4. The highest BCUT2D eigenvalue weighted by atomic mass is 32.2. The summed E-state index contributed by atoms with van der Waals surface area (Å²) in [5.41, 5.74) is -1.04. The van der Waals surface area contributed by atoms with E-state index in [9.17, 15) is 18.0 Å². The molecule has 1 amide bonds. The standard InChI is InChI=1S/C8H6F3N3OS/c9-8(10,11)5-1-2-12-7(13-5)14-4-16-3-6(14)15/h1-2H,3-4H2. The van der Waals surface area contributed by atoms with Crippen LogP contribution in [-0.2, 0) is 11.0 Å². The van der Waals surface area contributed by atoms with Crippen LogP contribution in [0.1, 0.15) is 5.69 Å². The first-order chi connectivity index (χ1) is 7.48. The summed E-state index contributed by atoms with van der Waals surface area (Å²) >= 11 is 1.31. The minimum atomic E-state index is -4.52. The zero-order valence-electron chi connectivity index (χ0n) is 7.86. The number of thioether (sulfide) groups is 1. The fourth-order valence-electron chi connectivity index (χ4n) is 1.18. The molecule has 8 heteroatoms. The van der Waals surface area contributed by atoms with E-state index in [0.29, 0.717) is 5.88 Å². The SMILES string of the molecule is O=C1CSCN1c1nccc(C(F)(F)F)n1. The molecule has 0 aliphatic carbocycles. The number of halogens is 3. The van der Waals surface area contributed by atoms with Crippen LogP contribution in [0.15, 0.2) is 12.3 Å². The molecule has 0 N–H and O–H groups in total. The molecule has 0 saturated carbocycles. The number of aromatic nitrogens is 2. The predicted molar refractivity (Wildman–Crippen MR) is 51.8 cm³/mol. The van der Waals surface area contributed by atoms with Gasteiger partial charge in [0.15, 0.2) is 0 Å². The average molecular weight is 249 g/mol. The highest BCUT2D eigenvalue weighted by molar-refractivity contribution is 8.00. The number of carbonyl (C=O) groups excluding carboxylic acids is 1. The molecule has 86 valence electrons. The zero-order chi connectivity index (χ0) is 11.8. The number of nitrogens with zero attached hydrogens (tertiary/aromatic N) is 3. The lowest BCUT2D eigenvalue weighted by atomic mass is 10.4. The molecule has 2 rings (SSSR count). The van der Waals surface area contributed by atoms with Gasteiger partial charge in [-0.05, 0) is 6.07 Å². The second kappa shape index (κ2) is 3.93. The molecule has 1 saturated heterocycles. The van der Waals surface area contributed by atoms with Crippen LogP contribution in [-0.4, -0.2) is 27.5 Å². The van der Waals surface area contributed by atoms with Gasteiger partial charge in [0, 0.05) is 6.20 Å². The fraction of sp³-hybridized carbons (Fsp3) is 0.375. The summed E-state index contributed by atoms with van der Waals surface area (Å²) in [7, 11) is 0. The largest absolute Gasteiger partial charge is 0.433 e. The van der Waals surface area contributed by atoms with E-state index in [1.165, 1.54) is 11.8 Å². The van der Waals surface area contributed by atoms with Crippen molar-refractivity contribution in [2.75, 3.05) is 16.5 Å². The van der Waals surface area contributed by atoms with E-state index >= 15 is 0 Å². The van der Waals surface area contributed by atoms with E-state index in [1.807, 2.05) is 0 Å². The lowest BCUT2D eigenvalue weighted by Gasteiger charge is -2.13. The van der Waals surface area contributed by atoms with Crippen molar-refractivity contribution in [3.8, 4) is 0 Å². The number of hydrogen-bond acceptors (Lipinski definition) is 4. The highest BCUT2D eigenvalue weighted by Crippen LogP contribution is 2.29. The third-order valence-electron chi connectivity index (χ3n) is 1.92. The number of anilines is 1.